The van der Waals surface area contributed by atoms with Crippen LogP contribution in [0.15, 0.2) is 67.0 Å². The van der Waals surface area contributed by atoms with Crippen molar-refractivity contribution in [2.45, 2.75) is 6.54 Å². The van der Waals surface area contributed by atoms with E-state index in [2.05, 4.69) is 10.4 Å². The molecule has 0 unspecified atom stereocenters. The fraction of sp³-hybridized carbons (Fsp3) is 0.105. The first-order valence-electron chi connectivity index (χ1n) is 7.99. The van der Waals surface area contributed by atoms with Gasteiger partial charge in [0.1, 0.15) is 5.75 Å². The summed E-state index contributed by atoms with van der Waals surface area (Å²) in [5, 5.41) is 6.97. The van der Waals surface area contributed by atoms with Gasteiger partial charge in [0.15, 0.2) is 6.61 Å². The van der Waals surface area contributed by atoms with Crippen molar-refractivity contribution in [3.05, 3.63) is 78.1 Å². The van der Waals surface area contributed by atoms with Crippen molar-refractivity contribution in [2.75, 3.05) is 11.9 Å². The summed E-state index contributed by atoms with van der Waals surface area (Å²) in [6.45, 7) is 0.470. The molecular formula is C19H18N4O3. The van der Waals surface area contributed by atoms with Gasteiger partial charge in [0.05, 0.1) is 6.54 Å². The minimum absolute atomic E-state index is 0.184. The number of amides is 2. The third kappa shape index (κ3) is 4.70. The molecule has 7 heteroatoms. The number of nitrogens with zero attached hydrogens (tertiary/aromatic N) is 2. The highest BCUT2D eigenvalue weighted by Crippen LogP contribution is 2.16. The summed E-state index contributed by atoms with van der Waals surface area (Å²) in [5.74, 6) is -0.246. The van der Waals surface area contributed by atoms with E-state index < -0.39 is 5.91 Å². The number of nitrogens with one attached hydrogen (secondary N) is 1. The van der Waals surface area contributed by atoms with Crippen LogP contribution in [0.1, 0.15) is 15.9 Å². The van der Waals surface area contributed by atoms with Crippen molar-refractivity contribution >= 4 is 17.5 Å². The molecule has 132 valence electrons. The normalized spacial score (nSPS) is 10.3. The fourth-order valence-electron chi connectivity index (χ4n) is 2.33. The van der Waals surface area contributed by atoms with Gasteiger partial charge in [0.25, 0.3) is 11.8 Å². The Morgan fingerprint density at radius 3 is 2.42 bits per heavy atom. The van der Waals surface area contributed by atoms with Gasteiger partial charge in [-0.15, -0.1) is 0 Å². The van der Waals surface area contributed by atoms with Crippen LogP contribution in [-0.2, 0) is 11.3 Å². The largest absolute Gasteiger partial charge is 0.484 e. The van der Waals surface area contributed by atoms with Crippen LogP contribution in [0, 0.1) is 0 Å². The molecule has 0 radical (unpaired) electrons. The average molecular weight is 350 g/mol. The van der Waals surface area contributed by atoms with Gasteiger partial charge in [-0.1, -0.05) is 12.1 Å². The number of carbonyl (C=O) groups excluding carboxylic acids is 2. The second kappa shape index (κ2) is 7.98. The molecule has 3 aromatic rings. The second-order valence-corrected chi connectivity index (χ2v) is 5.63. The Morgan fingerprint density at radius 2 is 1.81 bits per heavy atom. The van der Waals surface area contributed by atoms with Crippen molar-refractivity contribution in [3.8, 4) is 5.75 Å². The molecule has 3 rings (SSSR count). The molecule has 0 aliphatic rings. The molecule has 0 saturated carbocycles. The maximum Gasteiger partial charge on any atom is 0.255 e. The number of nitrogens with two attached hydrogens (primary N) is 1. The summed E-state index contributed by atoms with van der Waals surface area (Å²) < 4.78 is 6.99. The highest BCUT2D eigenvalue weighted by atomic mass is 16.5. The topological polar surface area (TPSA) is 99.2 Å². The van der Waals surface area contributed by atoms with Gasteiger partial charge in [-0.25, -0.2) is 0 Å². The summed E-state index contributed by atoms with van der Waals surface area (Å²) in [5.41, 5.74) is 7.27. The van der Waals surface area contributed by atoms with Crippen LogP contribution in [-0.4, -0.2) is 28.2 Å². The van der Waals surface area contributed by atoms with Crippen molar-refractivity contribution in [1.82, 2.24) is 9.78 Å². The first-order chi connectivity index (χ1) is 12.6. The van der Waals surface area contributed by atoms with Crippen LogP contribution < -0.4 is 15.8 Å². The number of ether oxygens (including phenoxy) is 1. The summed E-state index contributed by atoms with van der Waals surface area (Å²) in [7, 11) is 0. The number of rotatable bonds is 7. The monoisotopic (exact) mass is 350 g/mol. The van der Waals surface area contributed by atoms with Crippen molar-refractivity contribution in [1.29, 1.82) is 0 Å². The van der Waals surface area contributed by atoms with Crippen LogP contribution >= 0.6 is 0 Å². The third-order valence-electron chi connectivity index (χ3n) is 3.61. The van der Waals surface area contributed by atoms with E-state index in [1.54, 1.807) is 42.6 Å². The highest BCUT2D eigenvalue weighted by Gasteiger charge is 2.07. The molecule has 0 aliphatic carbocycles. The lowest BCUT2D eigenvalue weighted by molar-refractivity contribution is -0.119. The van der Waals surface area contributed by atoms with Crippen molar-refractivity contribution in [3.63, 3.8) is 0 Å². The van der Waals surface area contributed by atoms with Gasteiger partial charge in [-0.05, 0) is 48.0 Å². The van der Waals surface area contributed by atoms with E-state index in [4.69, 9.17) is 10.5 Å². The average Bonchev–Trinajstić information content (AvgIpc) is 3.14. The van der Waals surface area contributed by atoms with E-state index in [9.17, 15) is 9.59 Å². The predicted octanol–water partition coefficient (Wildman–Crippen LogP) is 2.05. The van der Waals surface area contributed by atoms with Crippen molar-refractivity contribution < 1.29 is 14.3 Å². The smallest absolute Gasteiger partial charge is 0.255 e. The standard InChI is InChI=1S/C19H18N4O3/c20-18(24)13-26-17-8-6-16(7-9-17)22-19(25)15-4-2-14(3-5-15)12-23-11-1-10-21-23/h1-11H,12-13H2,(H2,20,24)(H,22,25). The second-order valence-electron chi connectivity index (χ2n) is 5.63. The Labute approximate surface area is 150 Å². The lowest BCUT2D eigenvalue weighted by Gasteiger charge is -2.08. The lowest BCUT2D eigenvalue weighted by Crippen LogP contribution is -2.20. The van der Waals surface area contributed by atoms with Gasteiger partial charge >= 0.3 is 0 Å². The Bertz CT molecular complexity index is 872. The molecule has 1 heterocycles. The molecule has 0 aliphatic heterocycles. The van der Waals surface area contributed by atoms with Crippen LogP contribution in [0.5, 0.6) is 5.75 Å². The SMILES string of the molecule is NC(=O)COc1ccc(NC(=O)c2ccc(Cn3cccn3)cc2)cc1. The molecule has 7 nitrogen and oxygen atoms in total. The van der Waals surface area contributed by atoms with Crippen molar-refractivity contribution in [2.24, 2.45) is 5.73 Å². The van der Waals surface area contributed by atoms with E-state index in [1.165, 1.54) is 0 Å². The zero-order valence-electron chi connectivity index (χ0n) is 14.0. The van der Waals surface area contributed by atoms with Crippen LogP contribution in [0.2, 0.25) is 0 Å². The maximum atomic E-state index is 12.3. The first kappa shape index (κ1) is 17.2. The summed E-state index contributed by atoms with van der Waals surface area (Å²) in [6.07, 6.45) is 3.61. The number of aromatic nitrogens is 2. The Morgan fingerprint density at radius 1 is 1.08 bits per heavy atom. The Hall–Kier alpha value is -3.61. The van der Waals surface area contributed by atoms with E-state index in [0.717, 1.165) is 5.56 Å². The lowest BCUT2D eigenvalue weighted by atomic mass is 10.1. The van der Waals surface area contributed by atoms with E-state index in [1.807, 2.05) is 29.1 Å². The van der Waals surface area contributed by atoms with Crippen LogP contribution in [0.4, 0.5) is 5.69 Å². The first-order valence-corrected chi connectivity index (χ1v) is 7.99. The minimum atomic E-state index is -0.543. The minimum Gasteiger partial charge on any atom is -0.484 e. The summed E-state index contributed by atoms with van der Waals surface area (Å²) >= 11 is 0. The quantitative estimate of drug-likeness (QED) is 0.681. The zero-order chi connectivity index (χ0) is 18.4. The molecule has 0 atom stereocenters. The molecule has 0 saturated heterocycles. The highest BCUT2D eigenvalue weighted by molar-refractivity contribution is 6.04. The zero-order valence-corrected chi connectivity index (χ0v) is 14.0. The van der Waals surface area contributed by atoms with Gasteiger partial charge in [0, 0.05) is 23.6 Å². The molecule has 0 fully saturated rings. The van der Waals surface area contributed by atoms with Gasteiger partial charge < -0.3 is 15.8 Å². The molecule has 2 amide bonds. The number of hydrogen-bond donors (Lipinski definition) is 2. The van der Waals surface area contributed by atoms with Gasteiger partial charge in [-0.3, -0.25) is 14.3 Å². The number of carbonyl (C=O) groups is 2. The molecule has 1 aromatic heterocycles. The summed E-state index contributed by atoms with van der Waals surface area (Å²) in [6, 6.07) is 15.9. The van der Waals surface area contributed by atoms with E-state index in [0.29, 0.717) is 23.5 Å². The Kier molecular flexibility index (Phi) is 5.28. The number of primary amides is 1. The molecule has 26 heavy (non-hydrogen) atoms. The van der Waals surface area contributed by atoms with E-state index in [-0.39, 0.29) is 12.5 Å². The number of anilines is 1. The molecule has 3 N–H and O–H groups in total. The predicted molar refractivity (Wildman–Crippen MR) is 96.9 cm³/mol. The molecule has 0 bridgehead atoms. The van der Waals surface area contributed by atoms with Crippen LogP contribution in [0.3, 0.4) is 0 Å². The third-order valence-corrected chi connectivity index (χ3v) is 3.61. The number of benzene rings is 2. The Balaban J connectivity index is 1.58. The molecule has 2 aromatic carbocycles. The van der Waals surface area contributed by atoms with Gasteiger partial charge in [-0.2, -0.15) is 5.10 Å². The maximum absolute atomic E-state index is 12.3. The van der Waals surface area contributed by atoms with Gasteiger partial charge in [0.2, 0.25) is 0 Å². The fourth-order valence-corrected chi connectivity index (χ4v) is 2.33. The number of hydrogen-bond acceptors (Lipinski definition) is 4. The molecule has 0 spiro atoms. The summed E-state index contributed by atoms with van der Waals surface area (Å²) in [4.78, 5) is 23.0. The van der Waals surface area contributed by atoms with Crippen LogP contribution in [0.25, 0.3) is 0 Å². The van der Waals surface area contributed by atoms with E-state index >= 15 is 0 Å². The molecular weight excluding hydrogens is 332 g/mol.